The second-order valence-electron chi connectivity index (χ2n) is 4.37. The van der Waals surface area contributed by atoms with E-state index in [1.165, 1.54) is 12.1 Å². The van der Waals surface area contributed by atoms with E-state index in [1.807, 2.05) is 30.3 Å². The molecule has 0 unspecified atom stereocenters. The predicted molar refractivity (Wildman–Crippen MR) is 74.9 cm³/mol. The van der Waals surface area contributed by atoms with Crippen LogP contribution in [0.3, 0.4) is 0 Å². The highest BCUT2D eigenvalue weighted by Gasteiger charge is 2.10. The summed E-state index contributed by atoms with van der Waals surface area (Å²) in [7, 11) is 0. The lowest BCUT2D eigenvalue weighted by atomic mass is 10.1. The number of hydrogen-bond donors (Lipinski definition) is 1. The van der Waals surface area contributed by atoms with Crippen LogP contribution in [0.25, 0.3) is 22.1 Å². The standard InChI is InChI=1S/C16H10O4/c17-15(18)12-7-6-11-8-13(10-4-2-1-3-5-10)16(19)20-14(11)9-12/h1-9H,(H,17,18). The van der Waals surface area contributed by atoms with E-state index in [9.17, 15) is 9.59 Å². The van der Waals surface area contributed by atoms with Crippen molar-refractivity contribution in [2.45, 2.75) is 0 Å². The Bertz CT molecular complexity index is 847. The Morgan fingerprint density at radius 3 is 2.45 bits per heavy atom. The molecule has 3 rings (SSSR count). The first-order valence-corrected chi connectivity index (χ1v) is 6.02. The first-order valence-electron chi connectivity index (χ1n) is 6.02. The van der Waals surface area contributed by atoms with Crippen LogP contribution in [0.2, 0.25) is 0 Å². The average molecular weight is 266 g/mol. The molecule has 0 aliphatic rings. The van der Waals surface area contributed by atoms with Crippen LogP contribution in [0.15, 0.2) is 63.8 Å². The summed E-state index contributed by atoms with van der Waals surface area (Å²) in [5, 5.41) is 9.61. The fraction of sp³-hybridized carbons (Fsp3) is 0. The number of carboxylic acid groups (broad SMARTS) is 1. The summed E-state index contributed by atoms with van der Waals surface area (Å²) >= 11 is 0. The first kappa shape index (κ1) is 12.2. The van der Waals surface area contributed by atoms with Crippen molar-refractivity contribution in [3.63, 3.8) is 0 Å². The monoisotopic (exact) mass is 266 g/mol. The number of benzene rings is 2. The topological polar surface area (TPSA) is 67.5 Å². The minimum atomic E-state index is -1.05. The molecular formula is C16H10O4. The minimum Gasteiger partial charge on any atom is -0.478 e. The van der Waals surface area contributed by atoms with Gasteiger partial charge in [0.2, 0.25) is 0 Å². The molecule has 0 aliphatic heterocycles. The Labute approximate surface area is 113 Å². The van der Waals surface area contributed by atoms with E-state index in [4.69, 9.17) is 9.52 Å². The van der Waals surface area contributed by atoms with Crippen molar-refractivity contribution in [3.05, 3.63) is 70.6 Å². The van der Waals surface area contributed by atoms with Crippen molar-refractivity contribution >= 4 is 16.9 Å². The molecule has 1 heterocycles. The summed E-state index contributed by atoms with van der Waals surface area (Å²) in [6.07, 6.45) is 0. The maximum absolute atomic E-state index is 12.0. The van der Waals surface area contributed by atoms with E-state index in [1.54, 1.807) is 12.1 Å². The van der Waals surface area contributed by atoms with Crippen molar-refractivity contribution in [3.8, 4) is 11.1 Å². The highest BCUT2D eigenvalue weighted by Crippen LogP contribution is 2.21. The second-order valence-corrected chi connectivity index (χ2v) is 4.37. The van der Waals surface area contributed by atoms with E-state index < -0.39 is 11.6 Å². The van der Waals surface area contributed by atoms with Crippen LogP contribution in [0.1, 0.15) is 10.4 Å². The zero-order chi connectivity index (χ0) is 14.1. The van der Waals surface area contributed by atoms with Gasteiger partial charge in [0.25, 0.3) is 0 Å². The highest BCUT2D eigenvalue weighted by molar-refractivity contribution is 5.93. The van der Waals surface area contributed by atoms with Gasteiger partial charge in [0.05, 0.1) is 11.1 Å². The maximum atomic E-state index is 12.0. The van der Waals surface area contributed by atoms with Gasteiger partial charge in [-0.1, -0.05) is 36.4 Å². The molecular weight excluding hydrogens is 256 g/mol. The zero-order valence-electron chi connectivity index (χ0n) is 10.4. The molecule has 0 bridgehead atoms. The predicted octanol–water partition coefficient (Wildman–Crippen LogP) is 3.16. The average Bonchev–Trinajstić information content (AvgIpc) is 2.46. The lowest BCUT2D eigenvalue weighted by Gasteiger charge is -2.03. The smallest absolute Gasteiger partial charge is 0.344 e. The zero-order valence-corrected chi connectivity index (χ0v) is 10.4. The van der Waals surface area contributed by atoms with Crippen molar-refractivity contribution in [1.29, 1.82) is 0 Å². The van der Waals surface area contributed by atoms with Crippen molar-refractivity contribution in [1.82, 2.24) is 0 Å². The molecule has 1 N–H and O–H groups in total. The lowest BCUT2D eigenvalue weighted by Crippen LogP contribution is -2.03. The molecule has 2 aromatic carbocycles. The number of carboxylic acids is 1. The largest absolute Gasteiger partial charge is 0.478 e. The SMILES string of the molecule is O=C(O)c1ccc2cc(-c3ccccc3)c(=O)oc2c1. The Morgan fingerprint density at radius 2 is 1.75 bits per heavy atom. The van der Waals surface area contributed by atoms with Crippen LogP contribution < -0.4 is 5.63 Å². The van der Waals surface area contributed by atoms with E-state index in [0.29, 0.717) is 10.9 Å². The van der Waals surface area contributed by atoms with E-state index in [-0.39, 0.29) is 11.1 Å². The number of aromatic carboxylic acids is 1. The van der Waals surface area contributed by atoms with Gasteiger partial charge in [0.1, 0.15) is 5.58 Å². The third kappa shape index (κ3) is 2.07. The fourth-order valence-electron chi connectivity index (χ4n) is 2.06. The van der Waals surface area contributed by atoms with Gasteiger partial charge in [0.15, 0.2) is 0 Å². The number of hydrogen-bond acceptors (Lipinski definition) is 3. The van der Waals surface area contributed by atoms with Crippen LogP contribution in [0.4, 0.5) is 0 Å². The number of carbonyl (C=O) groups is 1. The van der Waals surface area contributed by atoms with E-state index in [0.717, 1.165) is 5.56 Å². The summed E-state index contributed by atoms with van der Waals surface area (Å²) in [4.78, 5) is 22.9. The van der Waals surface area contributed by atoms with Crippen LogP contribution >= 0.6 is 0 Å². The summed E-state index contributed by atoms with van der Waals surface area (Å²) in [6.45, 7) is 0. The summed E-state index contributed by atoms with van der Waals surface area (Å²) in [6, 6.07) is 15.4. The molecule has 0 fully saturated rings. The molecule has 1 aromatic heterocycles. The lowest BCUT2D eigenvalue weighted by molar-refractivity contribution is 0.0697. The van der Waals surface area contributed by atoms with Gasteiger partial charge in [-0.25, -0.2) is 9.59 Å². The van der Waals surface area contributed by atoms with Crippen LogP contribution in [0.5, 0.6) is 0 Å². The van der Waals surface area contributed by atoms with Crippen LogP contribution in [-0.2, 0) is 0 Å². The molecule has 0 atom stereocenters. The summed E-state index contributed by atoms with van der Waals surface area (Å²) < 4.78 is 5.22. The van der Waals surface area contributed by atoms with Gasteiger partial charge in [-0.15, -0.1) is 0 Å². The summed E-state index contributed by atoms with van der Waals surface area (Å²) in [5.74, 6) is -1.05. The Hall–Kier alpha value is -2.88. The van der Waals surface area contributed by atoms with E-state index >= 15 is 0 Å². The van der Waals surface area contributed by atoms with Crippen molar-refractivity contribution < 1.29 is 14.3 Å². The Balaban J connectivity index is 2.23. The second kappa shape index (κ2) is 4.66. The van der Waals surface area contributed by atoms with E-state index in [2.05, 4.69) is 0 Å². The third-order valence-electron chi connectivity index (χ3n) is 3.07. The maximum Gasteiger partial charge on any atom is 0.344 e. The number of fused-ring (bicyclic) bond motifs is 1. The molecule has 0 saturated carbocycles. The summed E-state index contributed by atoms with van der Waals surface area (Å²) in [5.41, 5.74) is 1.11. The van der Waals surface area contributed by atoms with Crippen molar-refractivity contribution in [2.24, 2.45) is 0 Å². The van der Waals surface area contributed by atoms with Crippen LogP contribution in [-0.4, -0.2) is 11.1 Å². The fourth-order valence-corrected chi connectivity index (χ4v) is 2.06. The molecule has 98 valence electrons. The molecule has 4 nitrogen and oxygen atoms in total. The third-order valence-corrected chi connectivity index (χ3v) is 3.07. The number of rotatable bonds is 2. The quantitative estimate of drug-likeness (QED) is 0.723. The normalized spacial score (nSPS) is 10.6. The van der Waals surface area contributed by atoms with Gasteiger partial charge in [-0.2, -0.15) is 0 Å². The molecule has 20 heavy (non-hydrogen) atoms. The van der Waals surface area contributed by atoms with Gasteiger partial charge in [-0.05, 0) is 23.8 Å². The molecule has 0 saturated heterocycles. The first-order chi connectivity index (χ1) is 9.65. The Kier molecular flexibility index (Phi) is 2.84. The van der Waals surface area contributed by atoms with Gasteiger partial charge in [-0.3, -0.25) is 0 Å². The van der Waals surface area contributed by atoms with Crippen LogP contribution in [0, 0.1) is 0 Å². The van der Waals surface area contributed by atoms with Gasteiger partial charge < -0.3 is 9.52 Å². The molecule has 0 amide bonds. The molecule has 0 aliphatic carbocycles. The minimum absolute atomic E-state index is 0.0908. The van der Waals surface area contributed by atoms with Crippen molar-refractivity contribution in [2.75, 3.05) is 0 Å². The molecule has 0 radical (unpaired) electrons. The van der Waals surface area contributed by atoms with Gasteiger partial charge >= 0.3 is 11.6 Å². The Morgan fingerprint density at radius 1 is 1.00 bits per heavy atom. The molecule has 3 aromatic rings. The molecule has 4 heteroatoms. The highest BCUT2D eigenvalue weighted by atomic mass is 16.4. The van der Waals surface area contributed by atoms with Gasteiger partial charge in [0, 0.05) is 5.39 Å². The molecule has 0 spiro atoms.